The van der Waals surface area contributed by atoms with Crippen LogP contribution in [0.4, 0.5) is 15.8 Å². The average molecular weight is 274 g/mol. The number of halogens is 1. The SMILES string of the molecule is Nc1ccc(F)c(NC(=O)c2ccc3c(c2)OCO3)c1. The first-order chi connectivity index (χ1) is 9.63. The molecule has 0 saturated heterocycles. The van der Waals surface area contributed by atoms with Crippen LogP contribution in [0.25, 0.3) is 0 Å². The van der Waals surface area contributed by atoms with Crippen molar-refractivity contribution in [3.63, 3.8) is 0 Å². The van der Waals surface area contributed by atoms with Crippen LogP contribution in [0.1, 0.15) is 10.4 Å². The molecule has 0 saturated carbocycles. The molecule has 2 aromatic rings. The van der Waals surface area contributed by atoms with Gasteiger partial charge >= 0.3 is 0 Å². The van der Waals surface area contributed by atoms with E-state index in [1.54, 1.807) is 18.2 Å². The minimum atomic E-state index is -0.548. The van der Waals surface area contributed by atoms with Crippen LogP contribution in [0.5, 0.6) is 11.5 Å². The lowest BCUT2D eigenvalue weighted by atomic mass is 10.2. The Morgan fingerprint density at radius 3 is 2.80 bits per heavy atom. The summed E-state index contributed by atoms with van der Waals surface area (Å²) in [5.74, 6) is 0.0727. The lowest BCUT2D eigenvalue weighted by Crippen LogP contribution is -2.13. The third-order valence-corrected chi connectivity index (χ3v) is 2.87. The zero-order chi connectivity index (χ0) is 14.1. The second-order valence-electron chi connectivity index (χ2n) is 4.26. The molecule has 3 N–H and O–H groups in total. The fourth-order valence-corrected chi connectivity index (χ4v) is 1.87. The molecule has 3 rings (SSSR count). The van der Waals surface area contributed by atoms with Crippen LogP contribution < -0.4 is 20.5 Å². The van der Waals surface area contributed by atoms with E-state index in [9.17, 15) is 9.18 Å². The smallest absolute Gasteiger partial charge is 0.255 e. The normalized spacial score (nSPS) is 12.2. The molecule has 1 aliphatic heterocycles. The number of rotatable bonds is 2. The second kappa shape index (κ2) is 4.73. The van der Waals surface area contributed by atoms with E-state index in [1.807, 2.05) is 0 Å². The van der Waals surface area contributed by atoms with E-state index in [0.717, 1.165) is 0 Å². The number of amides is 1. The lowest BCUT2D eigenvalue weighted by Gasteiger charge is -2.07. The number of carbonyl (C=O) groups is 1. The largest absolute Gasteiger partial charge is 0.454 e. The van der Waals surface area contributed by atoms with E-state index in [0.29, 0.717) is 22.7 Å². The van der Waals surface area contributed by atoms with Crippen molar-refractivity contribution in [1.82, 2.24) is 0 Å². The number of hydrogen-bond acceptors (Lipinski definition) is 4. The molecular formula is C14H11FN2O3. The molecule has 0 bridgehead atoms. The first-order valence-corrected chi connectivity index (χ1v) is 5.89. The number of nitrogens with one attached hydrogen (secondary N) is 1. The molecule has 0 spiro atoms. The fraction of sp³-hybridized carbons (Fsp3) is 0.0714. The van der Waals surface area contributed by atoms with Crippen molar-refractivity contribution in [3.05, 3.63) is 47.8 Å². The van der Waals surface area contributed by atoms with Crippen molar-refractivity contribution in [2.45, 2.75) is 0 Å². The van der Waals surface area contributed by atoms with Gasteiger partial charge in [0.1, 0.15) is 5.82 Å². The van der Waals surface area contributed by atoms with Crippen molar-refractivity contribution >= 4 is 17.3 Å². The number of carbonyl (C=O) groups excluding carboxylic acids is 1. The Hall–Kier alpha value is -2.76. The minimum absolute atomic E-state index is 0.0349. The number of ether oxygens (including phenoxy) is 2. The molecule has 2 aromatic carbocycles. The van der Waals surface area contributed by atoms with Gasteiger partial charge in [0.2, 0.25) is 6.79 Å². The Labute approximate surface area is 114 Å². The molecular weight excluding hydrogens is 263 g/mol. The molecule has 102 valence electrons. The molecule has 0 unspecified atom stereocenters. The summed E-state index contributed by atoms with van der Waals surface area (Å²) in [6, 6.07) is 8.73. The number of nitrogens with two attached hydrogens (primary N) is 1. The summed E-state index contributed by atoms with van der Waals surface area (Å²) >= 11 is 0. The molecule has 5 nitrogen and oxygen atoms in total. The average Bonchev–Trinajstić information content (AvgIpc) is 2.90. The molecule has 0 radical (unpaired) electrons. The lowest BCUT2D eigenvalue weighted by molar-refractivity contribution is 0.102. The minimum Gasteiger partial charge on any atom is -0.454 e. The standard InChI is InChI=1S/C14H11FN2O3/c15-10-3-2-9(16)6-11(10)17-14(18)8-1-4-12-13(5-8)20-7-19-12/h1-6H,7,16H2,(H,17,18). The van der Waals surface area contributed by atoms with Crippen molar-refractivity contribution in [2.24, 2.45) is 0 Å². The van der Waals surface area contributed by atoms with Gasteiger partial charge in [-0.05, 0) is 36.4 Å². The highest BCUT2D eigenvalue weighted by molar-refractivity contribution is 6.05. The maximum atomic E-state index is 13.6. The van der Waals surface area contributed by atoms with Crippen molar-refractivity contribution in [2.75, 3.05) is 17.8 Å². The summed E-state index contributed by atoms with van der Waals surface area (Å²) in [6.07, 6.45) is 0. The van der Waals surface area contributed by atoms with Gasteiger partial charge in [0.25, 0.3) is 5.91 Å². The monoisotopic (exact) mass is 274 g/mol. The molecule has 1 amide bonds. The topological polar surface area (TPSA) is 73.6 Å². The number of benzene rings is 2. The van der Waals surface area contributed by atoms with Crippen LogP contribution in [-0.4, -0.2) is 12.7 Å². The summed E-state index contributed by atoms with van der Waals surface area (Å²) in [5.41, 5.74) is 6.31. The first kappa shape index (κ1) is 12.3. The molecule has 1 heterocycles. The van der Waals surface area contributed by atoms with Crippen molar-refractivity contribution in [3.8, 4) is 11.5 Å². The zero-order valence-corrected chi connectivity index (χ0v) is 10.4. The Bertz CT molecular complexity index is 688. The molecule has 6 heteroatoms. The van der Waals surface area contributed by atoms with E-state index >= 15 is 0 Å². The molecule has 0 aliphatic carbocycles. The van der Waals surface area contributed by atoms with Crippen LogP contribution in [0.2, 0.25) is 0 Å². The van der Waals surface area contributed by atoms with E-state index < -0.39 is 11.7 Å². The fourth-order valence-electron chi connectivity index (χ4n) is 1.87. The number of anilines is 2. The second-order valence-corrected chi connectivity index (χ2v) is 4.26. The summed E-state index contributed by atoms with van der Waals surface area (Å²) in [4.78, 5) is 12.1. The predicted molar refractivity (Wildman–Crippen MR) is 71.3 cm³/mol. The Balaban J connectivity index is 1.84. The van der Waals surface area contributed by atoms with Gasteiger partial charge in [-0.2, -0.15) is 0 Å². The van der Waals surface area contributed by atoms with E-state index in [4.69, 9.17) is 15.2 Å². The van der Waals surface area contributed by atoms with Crippen LogP contribution in [0.3, 0.4) is 0 Å². The quantitative estimate of drug-likeness (QED) is 0.825. The van der Waals surface area contributed by atoms with Gasteiger partial charge in [0.15, 0.2) is 11.5 Å². The summed E-state index contributed by atoms with van der Waals surface area (Å²) in [7, 11) is 0. The first-order valence-electron chi connectivity index (χ1n) is 5.89. The van der Waals surface area contributed by atoms with Crippen LogP contribution in [0, 0.1) is 5.82 Å². The van der Waals surface area contributed by atoms with Crippen LogP contribution in [0.15, 0.2) is 36.4 Å². The number of hydrogen-bond donors (Lipinski definition) is 2. The highest BCUT2D eigenvalue weighted by Crippen LogP contribution is 2.32. The number of fused-ring (bicyclic) bond motifs is 1. The van der Waals surface area contributed by atoms with Gasteiger partial charge in [0, 0.05) is 11.3 Å². The Kier molecular flexibility index (Phi) is 2.90. The van der Waals surface area contributed by atoms with Gasteiger partial charge < -0.3 is 20.5 Å². The summed E-state index contributed by atoms with van der Waals surface area (Å²) in [6.45, 7) is 0.129. The van der Waals surface area contributed by atoms with Gasteiger partial charge in [-0.15, -0.1) is 0 Å². The van der Waals surface area contributed by atoms with Gasteiger partial charge in [-0.25, -0.2) is 4.39 Å². The van der Waals surface area contributed by atoms with Gasteiger partial charge in [-0.1, -0.05) is 0 Å². The Morgan fingerprint density at radius 1 is 1.15 bits per heavy atom. The highest BCUT2D eigenvalue weighted by atomic mass is 19.1. The number of nitrogen functional groups attached to an aromatic ring is 1. The van der Waals surface area contributed by atoms with Crippen molar-refractivity contribution in [1.29, 1.82) is 0 Å². The highest BCUT2D eigenvalue weighted by Gasteiger charge is 2.17. The third-order valence-electron chi connectivity index (χ3n) is 2.87. The van der Waals surface area contributed by atoms with E-state index in [1.165, 1.54) is 18.2 Å². The molecule has 0 aromatic heterocycles. The maximum Gasteiger partial charge on any atom is 0.255 e. The summed E-state index contributed by atoms with van der Waals surface area (Å²) in [5, 5.41) is 2.47. The van der Waals surface area contributed by atoms with Crippen LogP contribution in [-0.2, 0) is 0 Å². The van der Waals surface area contributed by atoms with Gasteiger partial charge in [-0.3, -0.25) is 4.79 Å². The van der Waals surface area contributed by atoms with Crippen molar-refractivity contribution < 1.29 is 18.7 Å². The molecule has 0 atom stereocenters. The van der Waals surface area contributed by atoms with E-state index in [2.05, 4.69) is 5.32 Å². The van der Waals surface area contributed by atoms with Gasteiger partial charge in [0.05, 0.1) is 5.69 Å². The summed E-state index contributed by atoms with van der Waals surface area (Å²) < 4.78 is 23.9. The maximum absolute atomic E-state index is 13.6. The van der Waals surface area contributed by atoms with E-state index in [-0.39, 0.29) is 12.5 Å². The Morgan fingerprint density at radius 2 is 1.95 bits per heavy atom. The molecule has 20 heavy (non-hydrogen) atoms. The predicted octanol–water partition coefficient (Wildman–Crippen LogP) is 2.39. The zero-order valence-electron chi connectivity index (χ0n) is 10.4. The molecule has 1 aliphatic rings. The van der Waals surface area contributed by atoms with Crippen LogP contribution >= 0.6 is 0 Å². The third kappa shape index (κ3) is 2.23. The molecule has 0 fully saturated rings.